The summed E-state index contributed by atoms with van der Waals surface area (Å²) in [6.45, 7) is 6.82. The topological polar surface area (TPSA) is 47.0 Å². The molecule has 1 saturated carbocycles. The van der Waals surface area contributed by atoms with Crippen molar-refractivity contribution in [2.24, 2.45) is 5.41 Å². The van der Waals surface area contributed by atoms with Gasteiger partial charge < -0.3 is 19.8 Å². The fourth-order valence-corrected chi connectivity index (χ4v) is 3.61. The first kappa shape index (κ1) is 15.3. The lowest BCUT2D eigenvalue weighted by Gasteiger charge is -2.35. The summed E-state index contributed by atoms with van der Waals surface area (Å²) >= 11 is 0. The molecule has 120 valence electrons. The lowest BCUT2D eigenvalue weighted by Crippen LogP contribution is -2.48. The quantitative estimate of drug-likeness (QED) is 0.815. The number of hydrogen-bond donors (Lipinski definition) is 1. The van der Waals surface area contributed by atoms with Gasteiger partial charge in [-0.05, 0) is 38.1 Å². The molecule has 1 amide bonds. The van der Waals surface area contributed by atoms with E-state index in [1.165, 1.54) is 12.8 Å². The molecular formula is C16H29N3O2. The largest absolute Gasteiger partial charge is 0.393 e. The molecule has 2 aliphatic heterocycles. The van der Waals surface area contributed by atoms with E-state index in [4.69, 9.17) is 0 Å². The Balaban J connectivity index is 1.46. The molecule has 3 rings (SSSR count). The standard InChI is InChI=1S/C16H29N3O2/c1-17-8-10-19(11-9-17)15(21)12-16(4-5-16)13-18-6-2-14(20)3-7-18/h14,20H,2-13H2,1H3. The highest BCUT2D eigenvalue weighted by atomic mass is 16.3. The SMILES string of the molecule is CN1CCN(C(=O)CC2(CN3CCC(O)CC3)CC2)CC1. The Morgan fingerprint density at radius 3 is 2.29 bits per heavy atom. The summed E-state index contributed by atoms with van der Waals surface area (Å²) in [5.74, 6) is 0.359. The van der Waals surface area contributed by atoms with E-state index >= 15 is 0 Å². The molecule has 0 atom stereocenters. The number of likely N-dealkylation sites (N-methyl/N-ethyl adjacent to an activating group) is 1. The van der Waals surface area contributed by atoms with Crippen LogP contribution in [0, 0.1) is 5.41 Å². The zero-order valence-electron chi connectivity index (χ0n) is 13.3. The van der Waals surface area contributed by atoms with Crippen LogP contribution >= 0.6 is 0 Å². The highest BCUT2D eigenvalue weighted by molar-refractivity contribution is 5.77. The van der Waals surface area contributed by atoms with E-state index in [1.54, 1.807) is 0 Å². The maximum atomic E-state index is 12.5. The minimum atomic E-state index is -0.108. The number of amides is 1. The van der Waals surface area contributed by atoms with Crippen molar-refractivity contribution in [3.63, 3.8) is 0 Å². The number of piperidine rings is 1. The Kier molecular flexibility index (Phi) is 4.52. The summed E-state index contributed by atoms with van der Waals surface area (Å²) in [7, 11) is 2.12. The van der Waals surface area contributed by atoms with Crippen molar-refractivity contribution in [3.05, 3.63) is 0 Å². The third-order valence-corrected chi connectivity index (χ3v) is 5.46. The molecule has 21 heavy (non-hydrogen) atoms. The summed E-state index contributed by atoms with van der Waals surface area (Å²) in [5, 5.41) is 9.59. The normalized spacial score (nSPS) is 27.8. The fourth-order valence-electron chi connectivity index (χ4n) is 3.61. The van der Waals surface area contributed by atoms with E-state index in [0.717, 1.165) is 65.1 Å². The van der Waals surface area contributed by atoms with Crippen LogP contribution in [0.3, 0.4) is 0 Å². The molecule has 0 bridgehead atoms. The van der Waals surface area contributed by atoms with Gasteiger partial charge in [-0.15, -0.1) is 0 Å². The highest BCUT2D eigenvalue weighted by Crippen LogP contribution is 2.50. The van der Waals surface area contributed by atoms with Crippen molar-refractivity contribution in [3.8, 4) is 0 Å². The number of carbonyl (C=O) groups excluding carboxylic acids is 1. The first-order chi connectivity index (χ1) is 10.1. The molecule has 0 aromatic rings. The third kappa shape index (κ3) is 3.96. The van der Waals surface area contributed by atoms with Gasteiger partial charge in [0.05, 0.1) is 6.10 Å². The van der Waals surface area contributed by atoms with E-state index < -0.39 is 0 Å². The number of carbonyl (C=O) groups is 1. The van der Waals surface area contributed by atoms with Crippen LogP contribution in [-0.4, -0.2) is 84.7 Å². The van der Waals surface area contributed by atoms with Crippen LogP contribution in [0.4, 0.5) is 0 Å². The molecule has 1 N–H and O–H groups in total. The zero-order valence-corrected chi connectivity index (χ0v) is 13.3. The van der Waals surface area contributed by atoms with E-state index in [-0.39, 0.29) is 11.5 Å². The second-order valence-corrected chi connectivity index (χ2v) is 7.37. The van der Waals surface area contributed by atoms with Crippen LogP contribution in [0.5, 0.6) is 0 Å². The summed E-state index contributed by atoms with van der Waals surface area (Å²) in [6.07, 6.45) is 4.81. The van der Waals surface area contributed by atoms with Gasteiger partial charge in [0.15, 0.2) is 0 Å². The fraction of sp³-hybridized carbons (Fsp3) is 0.938. The molecule has 2 heterocycles. The Labute approximate surface area is 127 Å². The molecular weight excluding hydrogens is 266 g/mol. The minimum absolute atomic E-state index is 0.108. The van der Waals surface area contributed by atoms with Crippen molar-refractivity contribution < 1.29 is 9.90 Å². The second-order valence-electron chi connectivity index (χ2n) is 7.37. The first-order valence-electron chi connectivity index (χ1n) is 8.43. The Morgan fingerprint density at radius 1 is 1.10 bits per heavy atom. The number of likely N-dealkylation sites (tertiary alicyclic amines) is 1. The van der Waals surface area contributed by atoms with Gasteiger partial charge in [0.25, 0.3) is 0 Å². The molecule has 1 aliphatic carbocycles. The van der Waals surface area contributed by atoms with E-state index in [9.17, 15) is 9.90 Å². The van der Waals surface area contributed by atoms with Crippen molar-refractivity contribution in [1.29, 1.82) is 0 Å². The molecule has 0 unspecified atom stereocenters. The van der Waals surface area contributed by atoms with Crippen LogP contribution in [0.15, 0.2) is 0 Å². The van der Waals surface area contributed by atoms with E-state index in [2.05, 4.69) is 21.7 Å². The van der Waals surface area contributed by atoms with Gasteiger partial charge in [-0.1, -0.05) is 0 Å². The maximum Gasteiger partial charge on any atom is 0.223 e. The van der Waals surface area contributed by atoms with Crippen LogP contribution in [0.1, 0.15) is 32.1 Å². The van der Waals surface area contributed by atoms with Gasteiger partial charge >= 0.3 is 0 Å². The average molecular weight is 295 g/mol. The number of piperazine rings is 1. The number of hydrogen-bond acceptors (Lipinski definition) is 4. The van der Waals surface area contributed by atoms with Crippen molar-refractivity contribution >= 4 is 5.91 Å². The van der Waals surface area contributed by atoms with Crippen LogP contribution in [0.2, 0.25) is 0 Å². The summed E-state index contributed by atoms with van der Waals surface area (Å²) < 4.78 is 0. The third-order valence-electron chi connectivity index (χ3n) is 5.46. The van der Waals surface area contributed by atoms with Gasteiger partial charge in [0.1, 0.15) is 0 Å². The van der Waals surface area contributed by atoms with Gasteiger partial charge in [-0.3, -0.25) is 4.79 Å². The highest BCUT2D eigenvalue weighted by Gasteiger charge is 2.46. The van der Waals surface area contributed by atoms with Crippen LogP contribution in [0.25, 0.3) is 0 Å². The first-order valence-corrected chi connectivity index (χ1v) is 8.43. The van der Waals surface area contributed by atoms with Crippen LogP contribution in [-0.2, 0) is 4.79 Å². The molecule has 5 heteroatoms. The number of aliphatic hydroxyl groups excluding tert-OH is 1. The summed E-state index contributed by atoms with van der Waals surface area (Å²) in [5.41, 5.74) is 0.253. The molecule has 0 spiro atoms. The maximum absolute atomic E-state index is 12.5. The van der Waals surface area contributed by atoms with Crippen molar-refractivity contribution in [2.75, 3.05) is 52.9 Å². The van der Waals surface area contributed by atoms with Gasteiger partial charge in [-0.25, -0.2) is 0 Å². The predicted octanol–water partition coefficient (Wildman–Crippen LogP) is 0.387. The second kappa shape index (κ2) is 6.23. The summed E-state index contributed by atoms with van der Waals surface area (Å²) in [6, 6.07) is 0. The molecule has 2 saturated heterocycles. The molecule has 0 aromatic heterocycles. The Hall–Kier alpha value is -0.650. The summed E-state index contributed by atoms with van der Waals surface area (Å²) in [4.78, 5) is 19.3. The van der Waals surface area contributed by atoms with Crippen molar-refractivity contribution in [2.45, 2.75) is 38.2 Å². The zero-order chi connectivity index (χ0) is 14.9. The van der Waals surface area contributed by atoms with Gasteiger partial charge in [0.2, 0.25) is 5.91 Å². The van der Waals surface area contributed by atoms with E-state index in [0.29, 0.717) is 5.91 Å². The molecule has 3 aliphatic rings. The average Bonchev–Trinajstić information content (AvgIpc) is 3.21. The Bertz CT molecular complexity index is 368. The lowest BCUT2D eigenvalue weighted by atomic mass is 9.98. The Morgan fingerprint density at radius 2 is 1.71 bits per heavy atom. The van der Waals surface area contributed by atoms with Gasteiger partial charge in [0, 0.05) is 52.2 Å². The van der Waals surface area contributed by atoms with Crippen LogP contribution < -0.4 is 0 Å². The molecule has 3 fully saturated rings. The minimum Gasteiger partial charge on any atom is -0.393 e. The predicted molar refractivity (Wildman–Crippen MR) is 82.0 cm³/mol. The molecule has 0 aromatic carbocycles. The number of nitrogens with zero attached hydrogens (tertiary/aromatic N) is 3. The number of aliphatic hydroxyl groups is 1. The van der Waals surface area contributed by atoms with Crippen molar-refractivity contribution in [1.82, 2.24) is 14.7 Å². The van der Waals surface area contributed by atoms with Gasteiger partial charge in [-0.2, -0.15) is 0 Å². The molecule has 0 radical (unpaired) electrons. The molecule has 5 nitrogen and oxygen atoms in total. The monoisotopic (exact) mass is 295 g/mol. The smallest absolute Gasteiger partial charge is 0.223 e. The number of rotatable bonds is 4. The lowest BCUT2D eigenvalue weighted by molar-refractivity contribution is -0.134. The van der Waals surface area contributed by atoms with E-state index in [1.807, 2.05) is 0 Å².